The summed E-state index contributed by atoms with van der Waals surface area (Å²) in [6.45, 7) is 23.2. The summed E-state index contributed by atoms with van der Waals surface area (Å²) >= 11 is 1.88. The van der Waals surface area contributed by atoms with E-state index in [0.29, 0.717) is 0 Å². The van der Waals surface area contributed by atoms with Crippen molar-refractivity contribution < 1.29 is 0 Å². The molecule has 0 fully saturated rings. The van der Waals surface area contributed by atoms with Crippen LogP contribution in [0.25, 0.3) is 31.3 Å². The molecule has 7 aromatic carbocycles. The molecular formula is C55H53BN2S. The Labute approximate surface area is 355 Å². The minimum absolute atomic E-state index is 0.00556. The van der Waals surface area contributed by atoms with Gasteiger partial charge in [0.1, 0.15) is 0 Å². The van der Waals surface area contributed by atoms with Gasteiger partial charge in [0.15, 0.2) is 0 Å². The second kappa shape index (κ2) is 13.2. The Morgan fingerprint density at radius 2 is 1.02 bits per heavy atom. The number of aryl methyl sites for hydroxylation is 1. The number of anilines is 6. The Kier molecular flexibility index (Phi) is 8.44. The minimum atomic E-state index is -0.00944. The molecule has 4 heteroatoms. The number of rotatable bonds is 3. The standard InChI is InChI=1S/C55H53BN2S/c1-34-30-47-52-48(31-34)58(39-24-18-35(19-25-39)41-15-13-17-50-51(41)42-14-11-12-16-49(42)59-50)46-33-38(55(8,9)10)22-28-43(46)56(52)44-32-37(54(5,6)7)23-29-45(44)57(47)40-26-20-36(21-27-40)53(2,3)4/h11-33H,1-10H3. The molecule has 0 atom stereocenters. The van der Waals surface area contributed by atoms with Crippen molar-refractivity contribution in [3.05, 3.63) is 162 Å². The molecular weight excluding hydrogens is 731 g/mol. The summed E-state index contributed by atoms with van der Waals surface area (Å²) in [6, 6.07) is 53.7. The lowest BCUT2D eigenvalue weighted by molar-refractivity contribution is 0.590. The molecule has 2 aliphatic rings. The quantitative estimate of drug-likeness (QED) is 0.165. The van der Waals surface area contributed by atoms with Gasteiger partial charge in [0.25, 0.3) is 6.71 Å². The summed E-state index contributed by atoms with van der Waals surface area (Å²) in [5, 5.41) is 2.68. The number of hydrogen-bond donors (Lipinski definition) is 0. The van der Waals surface area contributed by atoms with Gasteiger partial charge in [0.05, 0.1) is 0 Å². The maximum absolute atomic E-state index is 2.57. The van der Waals surface area contributed by atoms with Crippen molar-refractivity contribution >= 4 is 88.7 Å². The molecule has 2 nitrogen and oxygen atoms in total. The third-order valence-corrected chi connectivity index (χ3v) is 13.9. The van der Waals surface area contributed by atoms with Gasteiger partial charge in [-0.15, -0.1) is 11.3 Å². The monoisotopic (exact) mass is 784 g/mol. The van der Waals surface area contributed by atoms with Crippen LogP contribution in [0.4, 0.5) is 34.1 Å². The highest BCUT2D eigenvalue weighted by Crippen LogP contribution is 2.47. The predicted octanol–water partition coefficient (Wildman–Crippen LogP) is 14.0. The van der Waals surface area contributed by atoms with E-state index in [0.717, 1.165) is 0 Å². The van der Waals surface area contributed by atoms with Crippen molar-refractivity contribution in [3.8, 4) is 11.1 Å². The highest BCUT2D eigenvalue weighted by molar-refractivity contribution is 7.26. The average molecular weight is 785 g/mol. The van der Waals surface area contributed by atoms with E-state index in [1.807, 2.05) is 11.3 Å². The van der Waals surface area contributed by atoms with Crippen molar-refractivity contribution in [2.24, 2.45) is 0 Å². The van der Waals surface area contributed by atoms with E-state index in [-0.39, 0.29) is 23.0 Å². The fourth-order valence-electron chi connectivity index (χ4n) is 9.54. The maximum Gasteiger partial charge on any atom is 0.252 e. The van der Waals surface area contributed by atoms with Gasteiger partial charge < -0.3 is 9.80 Å². The number of benzene rings is 7. The van der Waals surface area contributed by atoms with E-state index in [9.17, 15) is 0 Å². The van der Waals surface area contributed by atoms with Crippen molar-refractivity contribution in [1.29, 1.82) is 0 Å². The predicted molar refractivity (Wildman–Crippen MR) is 260 cm³/mol. The van der Waals surface area contributed by atoms with Crippen LogP contribution >= 0.6 is 11.3 Å². The molecule has 0 amide bonds. The molecule has 0 aliphatic carbocycles. The molecule has 10 rings (SSSR count). The van der Waals surface area contributed by atoms with Gasteiger partial charge in [0, 0.05) is 54.3 Å². The van der Waals surface area contributed by atoms with Crippen molar-refractivity contribution in [1.82, 2.24) is 0 Å². The first kappa shape index (κ1) is 37.7. The van der Waals surface area contributed by atoms with E-state index in [1.54, 1.807) is 0 Å². The molecule has 292 valence electrons. The molecule has 8 aromatic rings. The lowest BCUT2D eigenvalue weighted by Crippen LogP contribution is -2.61. The normalized spacial score (nSPS) is 13.8. The van der Waals surface area contributed by atoms with E-state index in [1.165, 1.54) is 104 Å². The van der Waals surface area contributed by atoms with E-state index < -0.39 is 0 Å². The fourth-order valence-corrected chi connectivity index (χ4v) is 10.7. The first-order chi connectivity index (χ1) is 28.1. The van der Waals surface area contributed by atoms with Crippen LogP contribution in [0.3, 0.4) is 0 Å². The smallest absolute Gasteiger partial charge is 0.252 e. The highest BCUT2D eigenvalue weighted by Gasteiger charge is 2.44. The molecule has 1 aromatic heterocycles. The van der Waals surface area contributed by atoms with Crippen LogP contribution in [0.2, 0.25) is 0 Å². The molecule has 0 spiro atoms. The molecule has 0 saturated carbocycles. The number of nitrogens with zero attached hydrogens (tertiary/aromatic N) is 2. The zero-order chi connectivity index (χ0) is 41.2. The number of thiophene rings is 1. The Hall–Kier alpha value is -5.58. The van der Waals surface area contributed by atoms with Crippen LogP contribution in [-0.2, 0) is 16.2 Å². The average Bonchev–Trinajstić information content (AvgIpc) is 3.58. The Morgan fingerprint density at radius 1 is 0.458 bits per heavy atom. The molecule has 0 saturated heterocycles. The fraction of sp³-hybridized carbons (Fsp3) is 0.236. The van der Waals surface area contributed by atoms with Gasteiger partial charge >= 0.3 is 0 Å². The molecule has 3 heterocycles. The van der Waals surface area contributed by atoms with Gasteiger partial charge in [-0.25, -0.2) is 0 Å². The van der Waals surface area contributed by atoms with Crippen LogP contribution < -0.4 is 26.2 Å². The zero-order valence-corrected chi connectivity index (χ0v) is 37.0. The topological polar surface area (TPSA) is 6.48 Å². The number of hydrogen-bond acceptors (Lipinski definition) is 3. The van der Waals surface area contributed by atoms with Crippen LogP contribution in [0.1, 0.15) is 84.6 Å². The third-order valence-electron chi connectivity index (χ3n) is 12.8. The first-order valence-electron chi connectivity index (χ1n) is 21.2. The summed E-state index contributed by atoms with van der Waals surface area (Å²) in [6.07, 6.45) is 0. The zero-order valence-electron chi connectivity index (χ0n) is 36.2. The Bertz CT molecular complexity index is 2950. The lowest BCUT2D eigenvalue weighted by atomic mass is 9.33. The second-order valence-corrected chi connectivity index (χ2v) is 21.1. The molecule has 59 heavy (non-hydrogen) atoms. The van der Waals surface area contributed by atoms with Crippen LogP contribution in [0, 0.1) is 6.92 Å². The molecule has 0 unspecified atom stereocenters. The van der Waals surface area contributed by atoms with Crippen LogP contribution in [0.5, 0.6) is 0 Å². The van der Waals surface area contributed by atoms with Crippen LogP contribution in [0.15, 0.2) is 140 Å². The third kappa shape index (κ3) is 6.13. The van der Waals surface area contributed by atoms with E-state index >= 15 is 0 Å². The Balaban J connectivity index is 1.21. The van der Waals surface area contributed by atoms with Gasteiger partial charge in [0.2, 0.25) is 0 Å². The molecule has 2 aliphatic heterocycles. The van der Waals surface area contributed by atoms with Gasteiger partial charge in [-0.1, -0.05) is 141 Å². The lowest BCUT2D eigenvalue weighted by Gasteiger charge is -2.45. The number of fused-ring (bicyclic) bond motifs is 7. The minimum Gasteiger partial charge on any atom is -0.311 e. The van der Waals surface area contributed by atoms with Gasteiger partial charge in [-0.2, -0.15) is 0 Å². The Morgan fingerprint density at radius 3 is 1.68 bits per heavy atom. The van der Waals surface area contributed by atoms with Crippen molar-refractivity contribution in [2.75, 3.05) is 9.80 Å². The molecule has 0 N–H and O–H groups in total. The van der Waals surface area contributed by atoms with E-state index in [4.69, 9.17) is 0 Å². The van der Waals surface area contributed by atoms with Crippen molar-refractivity contribution in [3.63, 3.8) is 0 Å². The van der Waals surface area contributed by atoms with Crippen LogP contribution in [-0.4, -0.2) is 6.71 Å². The molecule has 0 bridgehead atoms. The van der Waals surface area contributed by atoms with Crippen molar-refractivity contribution in [2.45, 2.75) is 85.5 Å². The first-order valence-corrected chi connectivity index (χ1v) is 22.0. The summed E-state index contributed by atoms with van der Waals surface area (Å²) in [7, 11) is 0. The second-order valence-electron chi connectivity index (χ2n) is 20.0. The van der Waals surface area contributed by atoms with Gasteiger partial charge in [-0.3, -0.25) is 0 Å². The summed E-state index contributed by atoms with van der Waals surface area (Å²) in [5.41, 5.74) is 19.4. The summed E-state index contributed by atoms with van der Waals surface area (Å²) in [4.78, 5) is 5.11. The SMILES string of the molecule is Cc1cc2c3c(c1)N(c1ccc(-c4cccc5sc6ccccc6c45)cc1)c1cc(C(C)(C)C)ccc1B3c1cc(C(C)(C)C)ccc1N2c1ccc(C(C)(C)C)cc1. The summed E-state index contributed by atoms with van der Waals surface area (Å²) < 4.78 is 2.66. The van der Waals surface area contributed by atoms with Gasteiger partial charge in [-0.05, 0) is 134 Å². The van der Waals surface area contributed by atoms with E-state index in [2.05, 4.69) is 219 Å². The largest absolute Gasteiger partial charge is 0.311 e. The highest BCUT2D eigenvalue weighted by atomic mass is 32.1. The maximum atomic E-state index is 2.57. The molecule has 0 radical (unpaired) electrons. The summed E-state index contributed by atoms with van der Waals surface area (Å²) in [5.74, 6) is 0.